The van der Waals surface area contributed by atoms with Gasteiger partial charge in [0.25, 0.3) is 0 Å². The summed E-state index contributed by atoms with van der Waals surface area (Å²) < 4.78 is 10.5. The average Bonchev–Trinajstić information content (AvgIpc) is 2.42. The van der Waals surface area contributed by atoms with Gasteiger partial charge in [-0.1, -0.05) is 0 Å². The van der Waals surface area contributed by atoms with Crippen molar-refractivity contribution < 1.29 is 19.1 Å². The normalized spacial score (nSPS) is 9.89. The maximum atomic E-state index is 10.9. The third-order valence-electron chi connectivity index (χ3n) is 2.35. The Kier molecular flexibility index (Phi) is 5.87. The second-order valence-corrected chi connectivity index (χ2v) is 3.61. The van der Waals surface area contributed by atoms with Crippen LogP contribution in [0.5, 0.6) is 11.5 Å². The molecule has 0 unspecified atom stereocenters. The molecule has 1 aromatic rings. The zero-order chi connectivity index (χ0) is 13.4. The fourth-order valence-corrected chi connectivity index (χ4v) is 1.40. The highest BCUT2D eigenvalue weighted by Gasteiger charge is 2.04. The molecule has 0 aliphatic heterocycles. The smallest absolute Gasteiger partial charge is 0.153 e. The zero-order valence-corrected chi connectivity index (χ0v) is 10.2. The van der Waals surface area contributed by atoms with E-state index in [1.807, 2.05) is 0 Å². The van der Waals surface area contributed by atoms with E-state index in [-0.39, 0.29) is 5.78 Å². The first-order chi connectivity index (χ1) is 8.71. The molecule has 0 bridgehead atoms. The van der Waals surface area contributed by atoms with Crippen LogP contribution in [0.3, 0.4) is 0 Å². The monoisotopic (exact) mass is 250 g/mol. The van der Waals surface area contributed by atoms with Crippen LogP contribution in [-0.2, 0) is 4.79 Å². The fourth-order valence-electron chi connectivity index (χ4n) is 1.40. The van der Waals surface area contributed by atoms with Crippen molar-refractivity contribution in [1.29, 1.82) is 0 Å². The van der Waals surface area contributed by atoms with Crippen molar-refractivity contribution in [1.82, 2.24) is 0 Å². The largest absolute Gasteiger partial charge is 0.496 e. The minimum absolute atomic E-state index is 0.104. The van der Waals surface area contributed by atoms with Gasteiger partial charge in [0.2, 0.25) is 0 Å². The first kappa shape index (κ1) is 14.2. The van der Waals surface area contributed by atoms with E-state index in [0.29, 0.717) is 36.5 Å². The Morgan fingerprint density at radius 1 is 1.44 bits per heavy atom. The van der Waals surface area contributed by atoms with E-state index in [0.717, 1.165) is 12.8 Å². The minimum atomic E-state index is -0.104. The van der Waals surface area contributed by atoms with Gasteiger partial charge in [0, 0.05) is 12.5 Å². The van der Waals surface area contributed by atoms with Gasteiger partial charge in [-0.05, 0) is 18.6 Å². The predicted octanol–water partition coefficient (Wildman–Crippen LogP) is 1.36. The number of nitrogens with two attached hydrogens (primary N) is 1. The summed E-state index contributed by atoms with van der Waals surface area (Å²) in [6, 6.07) is 4.95. The van der Waals surface area contributed by atoms with Crippen LogP contribution in [-0.4, -0.2) is 25.8 Å². The Balaban J connectivity index is 2.48. The molecule has 0 heterocycles. The van der Waals surface area contributed by atoms with E-state index >= 15 is 0 Å². The quantitative estimate of drug-likeness (QED) is 0.556. The van der Waals surface area contributed by atoms with E-state index < -0.39 is 0 Å². The first-order valence-corrected chi connectivity index (χ1v) is 5.55. The van der Waals surface area contributed by atoms with Crippen LogP contribution >= 0.6 is 0 Å². The lowest BCUT2D eigenvalue weighted by atomic mass is 10.2. The zero-order valence-electron chi connectivity index (χ0n) is 10.2. The maximum Gasteiger partial charge on any atom is 0.153 e. The van der Waals surface area contributed by atoms with E-state index in [2.05, 4.69) is 0 Å². The van der Waals surface area contributed by atoms with Gasteiger partial charge in [-0.25, -0.2) is 0 Å². The van der Waals surface area contributed by atoms with Gasteiger partial charge in [0.15, 0.2) is 12.1 Å². The van der Waals surface area contributed by atoms with Crippen molar-refractivity contribution in [3.05, 3.63) is 30.3 Å². The molecule has 0 aromatic heterocycles. The van der Waals surface area contributed by atoms with E-state index in [4.69, 9.17) is 15.2 Å². The molecule has 5 heteroatoms. The summed E-state index contributed by atoms with van der Waals surface area (Å²) in [5.74, 6) is 0.961. The summed E-state index contributed by atoms with van der Waals surface area (Å²) in [6.07, 6.45) is 1.67. The number of carbonyl (C=O) groups is 2. The van der Waals surface area contributed by atoms with Gasteiger partial charge in [-0.15, -0.1) is 0 Å². The van der Waals surface area contributed by atoms with Crippen molar-refractivity contribution >= 4 is 12.1 Å². The van der Waals surface area contributed by atoms with Crippen molar-refractivity contribution in [3.8, 4) is 11.5 Å². The number of methoxy groups -OCH3 is 1. The molecule has 2 N–H and O–H groups in total. The molecule has 97 valence electrons. The molecular formula is C13H16NO4. The Morgan fingerprint density at radius 2 is 2.22 bits per heavy atom. The summed E-state index contributed by atoms with van der Waals surface area (Å²) in [5, 5.41) is 0. The molecular weight excluding hydrogens is 234 g/mol. The highest BCUT2D eigenvalue weighted by Crippen LogP contribution is 2.23. The van der Waals surface area contributed by atoms with Crippen LogP contribution in [0, 0.1) is 6.54 Å². The predicted molar refractivity (Wildman–Crippen MR) is 66.6 cm³/mol. The SMILES string of the molecule is COc1cc(OCCCC(=O)[CH]N)ccc1C=O. The van der Waals surface area contributed by atoms with E-state index in [1.54, 1.807) is 18.2 Å². The Morgan fingerprint density at radius 3 is 2.83 bits per heavy atom. The number of ether oxygens (including phenoxy) is 2. The molecule has 1 aromatic carbocycles. The van der Waals surface area contributed by atoms with Gasteiger partial charge in [-0.3, -0.25) is 9.59 Å². The second-order valence-electron chi connectivity index (χ2n) is 3.61. The van der Waals surface area contributed by atoms with Crippen LogP contribution in [0.2, 0.25) is 0 Å². The number of Topliss-reactive ketones (excluding diaryl/α,β-unsaturated/α-hetero) is 1. The number of carbonyl (C=O) groups excluding carboxylic acids is 2. The van der Waals surface area contributed by atoms with Crippen molar-refractivity contribution in [2.24, 2.45) is 5.73 Å². The molecule has 1 rings (SSSR count). The molecule has 0 saturated carbocycles. The minimum Gasteiger partial charge on any atom is -0.496 e. The highest BCUT2D eigenvalue weighted by atomic mass is 16.5. The molecule has 0 spiro atoms. The molecule has 0 amide bonds. The van der Waals surface area contributed by atoms with Crippen molar-refractivity contribution in [2.45, 2.75) is 12.8 Å². The number of benzene rings is 1. The van der Waals surface area contributed by atoms with Gasteiger partial charge in [0.05, 0.1) is 25.8 Å². The first-order valence-electron chi connectivity index (χ1n) is 5.55. The summed E-state index contributed by atoms with van der Waals surface area (Å²) >= 11 is 0. The van der Waals surface area contributed by atoms with Crippen LogP contribution < -0.4 is 15.2 Å². The number of hydrogen-bond acceptors (Lipinski definition) is 5. The fraction of sp³-hybridized carbons (Fsp3) is 0.308. The molecule has 5 nitrogen and oxygen atoms in total. The molecule has 18 heavy (non-hydrogen) atoms. The summed E-state index contributed by atoms with van der Waals surface area (Å²) in [5.41, 5.74) is 5.54. The van der Waals surface area contributed by atoms with Crippen LogP contribution in [0.15, 0.2) is 18.2 Å². The van der Waals surface area contributed by atoms with Crippen molar-refractivity contribution in [3.63, 3.8) is 0 Å². The van der Waals surface area contributed by atoms with Gasteiger partial charge in [0.1, 0.15) is 11.5 Å². The van der Waals surface area contributed by atoms with Gasteiger partial charge >= 0.3 is 0 Å². The summed E-state index contributed by atoms with van der Waals surface area (Å²) in [6.45, 7) is 1.46. The second kappa shape index (κ2) is 7.45. The summed E-state index contributed by atoms with van der Waals surface area (Å²) in [4.78, 5) is 21.6. The molecule has 1 radical (unpaired) electrons. The van der Waals surface area contributed by atoms with Gasteiger partial charge < -0.3 is 15.2 Å². The Hall–Kier alpha value is -1.88. The molecule has 0 aliphatic rings. The van der Waals surface area contributed by atoms with Crippen LogP contribution in [0.1, 0.15) is 23.2 Å². The third-order valence-corrected chi connectivity index (χ3v) is 2.35. The van der Waals surface area contributed by atoms with E-state index in [1.165, 1.54) is 7.11 Å². The number of rotatable bonds is 8. The Bertz CT molecular complexity index is 417. The van der Waals surface area contributed by atoms with E-state index in [9.17, 15) is 9.59 Å². The number of ketones is 1. The molecule has 0 aliphatic carbocycles. The van der Waals surface area contributed by atoms with Crippen LogP contribution in [0.4, 0.5) is 0 Å². The highest BCUT2D eigenvalue weighted by molar-refractivity contribution is 5.85. The Labute approximate surface area is 106 Å². The van der Waals surface area contributed by atoms with Crippen molar-refractivity contribution in [2.75, 3.05) is 13.7 Å². The number of hydrogen-bond donors (Lipinski definition) is 1. The standard InChI is InChI=1S/C13H16NO4/c1-17-13-7-12(5-4-10(13)9-15)18-6-2-3-11(16)8-14/h4-5,7-9H,2-3,6,14H2,1H3. The third kappa shape index (κ3) is 4.18. The van der Waals surface area contributed by atoms with Crippen LogP contribution in [0.25, 0.3) is 0 Å². The molecule has 0 atom stereocenters. The topological polar surface area (TPSA) is 78.6 Å². The molecule has 0 fully saturated rings. The number of aldehydes is 1. The van der Waals surface area contributed by atoms with Gasteiger partial charge in [-0.2, -0.15) is 0 Å². The lowest BCUT2D eigenvalue weighted by Gasteiger charge is -2.08. The lowest BCUT2D eigenvalue weighted by molar-refractivity contribution is -0.116. The maximum absolute atomic E-state index is 10.9. The summed E-state index contributed by atoms with van der Waals surface area (Å²) in [7, 11) is 1.49. The molecule has 0 saturated heterocycles. The lowest BCUT2D eigenvalue weighted by Crippen LogP contribution is -2.08. The average molecular weight is 250 g/mol.